The summed E-state index contributed by atoms with van der Waals surface area (Å²) in [6.45, 7) is 0. The number of carboxylic acids is 1. The van der Waals surface area contributed by atoms with Gasteiger partial charge in [0.25, 0.3) is 0 Å². The molecule has 2 rings (SSSR count). The van der Waals surface area contributed by atoms with E-state index < -0.39 is 5.97 Å². The summed E-state index contributed by atoms with van der Waals surface area (Å²) in [4.78, 5) is 11.0. The standard InChI is InChI=1S/C15H10ClNO4/c1-20-13-5-3-10(15(18)19)7-14(13)21-12-4-2-9(8-17)6-11(12)16/h2-7H,1H3,(H,18,19). The van der Waals surface area contributed by atoms with Crippen LogP contribution in [0.15, 0.2) is 36.4 Å². The van der Waals surface area contributed by atoms with E-state index in [9.17, 15) is 4.79 Å². The Hall–Kier alpha value is -2.71. The molecule has 2 aromatic rings. The second-order valence-electron chi connectivity index (χ2n) is 4.03. The molecular formula is C15H10ClNO4. The predicted molar refractivity (Wildman–Crippen MR) is 76.2 cm³/mol. The van der Waals surface area contributed by atoms with Crippen LogP contribution < -0.4 is 9.47 Å². The molecule has 6 heteroatoms. The van der Waals surface area contributed by atoms with Crippen LogP contribution in [0.4, 0.5) is 0 Å². The van der Waals surface area contributed by atoms with Crippen molar-refractivity contribution in [3.05, 3.63) is 52.5 Å². The first-order valence-electron chi connectivity index (χ1n) is 5.84. The number of ether oxygens (including phenoxy) is 2. The highest BCUT2D eigenvalue weighted by atomic mass is 35.5. The van der Waals surface area contributed by atoms with Crippen LogP contribution in [0.2, 0.25) is 5.02 Å². The van der Waals surface area contributed by atoms with Crippen LogP contribution in [0.1, 0.15) is 15.9 Å². The normalized spacial score (nSPS) is 9.76. The minimum Gasteiger partial charge on any atom is -0.493 e. The van der Waals surface area contributed by atoms with Crippen LogP contribution in [0.5, 0.6) is 17.2 Å². The monoisotopic (exact) mass is 303 g/mol. The molecule has 0 bridgehead atoms. The van der Waals surface area contributed by atoms with E-state index in [1.807, 2.05) is 6.07 Å². The summed E-state index contributed by atoms with van der Waals surface area (Å²) >= 11 is 6.02. The summed E-state index contributed by atoms with van der Waals surface area (Å²) in [5, 5.41) is 18.0. The molecule has 0 unspecified atom stereocenters. The molecule has 0 saturated heterocycles. The molecule has 0 heterocycles. The number of carboxylic acid groups (broad SMARTS) is 1. The Bertz CT molecular complexity index is 737. The van der Waals surface area contributed by atoms with Crippen molar-refractivity contribution in [1.82, 2.24) is 0 Å². The van der Waals surface area contributed by atoms with Crippen LogP contribution in [0, 0.1) is 11.3 Å². The van der Waals surface area contributed by atoms with Gasteiger partial charge in [0.1, 0.15) is 5.75 Å². The lowest BCUT2D eigenvalue weighted by molar-refractivity contribution is 0.0696. The highest BCUT2D eigenvalue weighted by Crippen LogP contribution is 2.36. The topological polar surface area (TPSA) is 79.6 Å². The molecule has 106 valence electrons. The molecule has 0 fully saturated rings. The second-order valence-corrected chi connectivity index (χ2v) is 4.44. The summed E-state index contributed by atoms with van der Waals surface area (Å²) in [5.41, 5.74) is 0.467. The number of hydrogen-bond acceptors (Lipinski definition) is 4. The summed E-state index contributed by atoms with van der Waals surface area (Å²) < 4.78 is 10.7. The first kappa shape index (κ1) is 14.7. The molecule has 0 aliphatic carbocycles. The van der Waals surface area contributed by atoms with E-state index in [4.69, 9.17) is 31.4 Å². The van der Waals surface area contributed by atoms with Gasteiger partial charge in [-0.1, -0.05) is 11.6 Å². The average Bonchev–Trinajstić information content (AvgIpc) is 2.49. The van der Waals surface area contributed by atoms with Gasteiger partial charge in [0.15, 0.2) is 11.5 Å². The molecular weight excluding hydrogens is 294 g/mol. The number of nitriles is 1. The van der Waals surface area contributed by atoms with Crippen molar-refractivity contribution in [3.63, 3.8) is 0 Å². The van der Waals surface area contributed by atoms with Gasteiger partial charge >= 0.3 is 5.97 Å². The summed E-state index contributed by atoms with van der Waals surface area (Å²) in [5.74, 6) is -0.172. The predicted octanol–water partition coefficient (Wildman–Crippen LogP) is 3.71. The van der Waals surface area contributed by atoms with Gasteiger partial charge in [-0.2, -0.15) is 5.26 Å². The lowest BCUT2D eigenvalue weighted by atomic mass is 10.2. The molecule has 0 amide bonds. The van der Waals surface area contributed by atoms with Crippen LogP contribution in [-0.4, -0.2) is 18.2 Å². The molecule has 0 aliphatic rings. The van der Waals surface area contributed by atoms with Gasteiger partial charge < -0.3 is 14.6 Å². The molecule has 0 aliphatic heterocycles. The summed E-state index contributed by atoms with van der Waals surface area (Å²) in [7, 11) is 1.45. The maximum atomic E-state index is 11.0. The minimum absolute atomic E-state index is 0.0653. The van der Waals surface area contributed by atoms with E-state index in [0.29, 0.717) is 17.1 Å². The first-order valence-corrected chi connectivity index (χ1v) is 6.21. The molecule has 0 radical (unpaired) electrons. The van der Waals surface area contributed by atoms with Crippen molar-refractivity contribution in [2.75, 3.05) is 7.11 Å². The van der Waals surface area contributed by atoms with E-state index >= 15 is 0 Å². The highest BCUT2D eigenvalue weighted by Gasteiger charge is 2.12. The van der Waals surface area contributed by atoms with Crippen molar-refractivity contribution in [2.24, 2.45) is 0 Å². The quantitative estimate of drug-likeness (QED) is 0.931. The first-order chi connectivity index (χ1) is 10.0. The Morgan fingerprint density at radius 3 is 2.48 bits per heavy atom. The third-order valence-corrected chi connectivity index (χ3v) is 2.99. The van der Waals surface area contributed by atoms with Crippen molar-refractivity contribution < 1.29 is 19.4 Å². The molecule has 0 atom stereocenters. The summed E-state index contributed by atoms with van der Waals surface area (Å²) in [6, 6.07) is 10.8. The second kappa shape index (κ2) is 6.16. The van der Waals surface area contributed by atoms with E-state index in [2.05, 4.69) is 0 Å². The van der Waals surface area contributed by atoms with E-state index in [1.54, 1.807) is 6.07 Å². The highest BCUT2D eigenvalue weighted by molar-refractivity contribution is 6.32. The Morgan fingerprint density at radius 1 is 1.19 bits per heavy atom. The number of aromatic carboxylic acids is 1. The van der Waals surface area contributed by atoms with Crippen LogP contribution in [0.25, 0.3) is 0 Å². The van der Waals surface area contributed by atoms with Gasteiger partial charge in [-0.25, -0.2) is 4.79 Å². The third-order valence-electron chi connectivity index (χ3n) is 2.69. The maximum absolute atomic E-state index is 11.0. The maximum Gasteiger partial charge on any atom is 0.335 e. The van der Waals surface area contributed by atoms with Crippen LogP contribution in [-0.2, 0) is 0 Å². The van der Waals surface area contributed by atoms with E-state index in [-0.39, 0.29) is 16.3 Å². The zero-order valence-corrected chi connectivity index (χ0v) is 11.7. The van der Waals surface area contributed by atoms with E-state index in [1.165, 1.54) is 37.4 Å². The van der Waals surface area contributed by atoms with Crippen LogP contribution >= 0.6 is 11.6 Å². The Labute approximate surface area is 125 Å². The average molecular weight is 304 g/mol. The lowest BCUT2D eigenvalue weighted by Gasteiger charge is -2.12. The minimum atomic E-state index is -1.08. The van der Waals surface area contributed by atoms with Crippen LogP contribution in [0.3, 0.4) is 0 Å². The van der Waals surface area contributed by atoms with E-state index in [0.717, 1.165) is 0 Å². The zero-order chi connectivity index (χ0) is 15.4. The molecule has 2 aromatic carbocycles. The Morgan fingerprint density at radius 2 is 1.90 bits per heavy atom. The van der Waals surface area contributed by atoms with Crippen molar-refractivity contribution in [3.8, 4) is 23.3 Å². The van der Waals surface area contributed by atoms with Gasteiger partial charge in [0, 0.05) is 0 Å². The SMILES string of the molecule is COc1ccc(C(=O)O)cc1Oc1ccc(C#N)cc1Cl. The lowest BCUT2D eigenvalue weighted by Crippen LogP contribution is -1.98. The zero-order valence-electron chi connectivity index (χ0n) is 11.0. The number of methoxy groups -OCH3 is 1. The fraction of sp³-hybridized carbons (Fsp3) is 0.0667. The Kier molecular flexibility index (Phi) is 4.31. The van der Waals surface area contributed by atoms with Gasteiger partial charge in [-0.3, -0.25) is 0 Å². The van der Waals surface area contributed by atoms with Crippen molar-refractivity contribution >= 4 is 17.6 Å². The Balaban J connectivity index is 2.40. The molecule has 1 N–H and O–H groups in total. The molecule has 0 spiro atoms. The largest absolute Gasteiger partial charge is 0.493 e. The summed E-state index contributed by atoms with van der Waals surface area (Å²) in [6.07, 6.45) is 0. The number of hydrogen-bond donors (Lipinski definition) is 1. The number of halogens is 1. The molecule has 21 heavy (non-hydrogen) atoms. The number of benzene rings is 2. The fourth-order valence-electron chi connectivity index (χ4n) is 1.66. The van der Waals surface area contributed by atoms with Crippen molar-refractivity contribution in [1.29, 1.82) is 5.26 Å². The van der Waals surface area contributed by atoms with Gasteiger partial charge in [0.05, 0.1) is 29.3 Å². The molecule has 0 saturated carbocycles. The number of rotatable bonds is 4. The van der Waals surface area contributed by atoms with Crippen molar-refractivity contribution in [2.45, 2.75) is 0 Å². The van der Waals surface area contributed by atoms with Gasteiger partial charge in [-0.05, 0) is 36.4 Å². The fourth-order valence-corrected chi connectivity index (χ4v) is 1.88. The van der Waals surface area contributed by atoms with Gasteiger partial charge in [0.2, 0.25) is 0 Å². The number of nitrogens with zero attached hydrogens (tertiary/aromatic N) is 1. The molecule has 5 nitrogen and oxygen atoms in total. The third kappa shape index (κ3) is 3.25. The smallest absolute Gasteiger partial charge is 0.335 e. The van der Waals surface area contributed by atoms with Gasteiger partial charge in [-0.15, -0.1) is 0 Å². The molecule has 0 aromatic heterocycles. The number of carbonyl (C=O) groups is 1.